The summed E-state index contributed by atoms with van der Waals surface area (Å²) < 4.78 is 25.1. The van der Waals surface area contributed by atoms with Gasteiger partial charge >= 0.3 is 7.12 Å². The van der Waals surface area contributed by atoms with E-state index in [-0.39, 0.29) is 5.82 Å². The van der Waals surface area contributed by atoms with E-state index in [1.165, 1.54) is 12.1 Å². The average Bonchev–Trinajstić information content (AvgIpc) is 2.57. The van der Waals surface area contributed by atoms with Crippen LogP contribution in [0, 0.1) is 5.82 Å². The SMILES string of the molecule is CC1(C)OB(C(=Cc2ccc(F)cc2N)CS)OC1(C)C. The van der Waals surface area contributed by atoms with Crippen molar-refractivity contribution < 1.29 is 13.7 Å². The van der Waals surface area contributed by atoms with Gasteiger partial charge in [-0.2, -0.15) is 12.6 Å². The van der Waals surface area contributed by atoms with Gasteiger partial charge in [0.05, 0.1) is 11.2 Å². The van der Waals surface area contributed by atoms with Crippen LogP contribution in [0.25, 0.3) is 6.08 Å². The fourth-order valence-electron chi connectivity index (χ4n) is 2.06. The molecule has 1 aliphatic rings. The summed E-state index contributed by atoms with van der Waals surface area (Å²) in [5.41, 5.74) is 6.99. The first-order chi connectivity index (χ1) is 9.66. The summed E-state index contributed by atoms with van der Waals surface area (Å²) >= 11 is 4.35. The summed E-state index contributed by atoms with van der Waals surface area (Å²) in [7, 11) is -0.475. The molecule has 0 atom stereocenters. The molecule has 0 bridgehead atoms. The molecule has 0 radical (unpaired) electrons. The first kappa shape index (κ1) is 16.4. The predicted octanol–water partition coefficient (Wildman–Crippen LogP) is 3.35. The van der Waals surface area contributed by atoms with E-state index in [9.17, 15) is 4.39 Å². The Bertz CT molecular complexity index is 559. The summed E-state index contributed by atoms with van der Waals surface area (Å²) in [4.78, 5) is 0. The molecule has 0 saturated carbocycles. The quantitative estimate of drug-likeness (QED) is 0.511. The molecule has 0 aromatic heterocycles. The van der Waals surface area contributed by atoms with E-state index in [2.05, 4.69) is 12.6 Å². The molecule has 0 spiro atoms. The number of nitrogens with two attached hydrogens (primary N) is 1. The maximum absolute atomic E-state index is 13.1. The molecule has 114 valence electrons. The predicted molar refractivity (Wildman–Crippen MR) is 88.7 cm³/mol. The molecule has 0 unspecified atom stereocenters. The minimum Gasteiger partial charge on any atom is -0.400 e. The van der Waals surface area contributed by atoms with Crippen molar-refractivity contribution in [3.63, 3.8) is 0 Å². The molecule has 0 aliphatic carbocycles. The van der Waals surface area contributed by atoms with Crippen molar-refractivity contribution in [2.24, 2.45) is 0 Å². The van der Waals surface area contributed by atoms with Gasteiger partial charge in [0.1, 0.15) is 5.82 Å². The Morgan fingerprint density at radius 1 is 1.29 bits per heavy atom. The van der Waals surface area contributed by atoms with Gasteiger partial charge in [-0.1, -0.05) is 12.1 Å². The van der Waals surface area contributed by atoms with E-state index in [0.717, 1.165) is 11.0 Å². The maximum atomic E-state index is 13.1. The third-order valence-electron chi connectivity index (χ3n) is 4.13. The number of anilines is 1. The molecule has 1 heterocycles. The molecule has 1 aromatic carbocycles. The molecule has 1 aliphatic heterocycles. The highest BCUT2D eigenvalue weighted by Crippen LogP contribution is 2.39. The van der Waals surface area contributed by atoms with Crippen LogP contribution in [0.4, 0.5) is 10.1 Å². The van der Waals surface area contributed by atoms with Gasteiger partial charge < -0.3 is 15.0 Å². The van der Waals surface area contributed by atoms with Crippen LogP contribution < -0.4 is 5.73 Å². The van der Waals surface area contributed by atoms with Crippen LogP contribution in [-0.4, -0.2) is 24.1 Å². The van der Waals surface area contributed by atoms with Crippen LogP contribution in [0.5, 0.6) is 0 Å². The van der Waals surface area contributed by atoms with Crippen molar-refractivity contribution in [1.82, 2.24) is 0 Å². The first-order valence-corrected chi connectivity index (χ1v) is 7.51. The number of hydrogen-bond donors (Lipinski definition) is 2. The second kappa shape index (κ2) is 5.67. The lowest BCUT2D eigenvalue weighted by atomic mass is 9.78. The second-order valence-corrected chi connectivity index (χ2v) is 6.56. The lowest BCUT2D eigenvalue weighted by Gasteiger charge is -2.32. The van der Waals surface area contributed by atoms with Crippen LogP contribution in [-0.2, 0) is 9.31 Å². The summed E-state index contributed by atoms with van der Waals surface area (Å²) in [6, 6.07) is 4.31. The van der Waals surface area contributed by atoms with Crippen molar-refractivity contribution in [3.05, 3.63) is 35.1 Å². The molecule has 21 heavy (non-hydrogen) atoms. The first-order valence-electron chi connectivity index (χ1n) is 6.88. The highest BCUT2D eigenvalue weighted by molar-refractivity contribution is 7.80. The summed E-state index contributed by atoms with van der Waals surface area (Å²) in [5.74, 6) is 0.112. The van der Waals surface area contributed by atoms with E-state index < -0.39 is 18.3 Å². The molecule has 2 rings (SSSR count). The average molecular weight is 309 g/mol. The Labute approximate surface area is 131 Å². The molecule has 2 N–H and O–H groups in total. The number of hydrogen-bond acceptors (Lipinski definition) is 4. The second-order valence-electron chi connectivity index (χ2n) is 6.24. The smallest absolute Gasteiger partial charge is 0.400 e. The number of halogens is 1. The van der Waals surface area contributed by atoms with Gasteiger partial charge in [0.2, 0.25) is 0 Å². The zero-order chi connectivity index (χ0) is 15.8. The lowest BCUT2D eigenvalue weighted by Crippen LogP contribution is -2.41. The maximum Gasteiger partial charge on any atom is 0.491 e. The van der Waals surface area contributed by atoms with Crippen molar-refractivity contribution in [1.29, 1.82) is 0 Å². The van der Waals surface area contributed by atoms with E-state index in [1.807, 2.05) is 33.8 Å². The molecule has 6 heteroatoms. The normalized spacial score (nSPS) is 20.9. The van der Waals surface area contributed by atoms with E-state index in [0.29, 0.717) is 11.4 Å². The van der Waals surface area contributed by atoms with Crippen molar-refractivity contribution in [2.75, 3.05) is 11.5 Å². The number of benzene rings is 1. The minimum absolute atomic E-state index is 0.354. The van der Waals surface area contributed by atoms with E-state index in [1.54, 1.807) is 6.07 Å². The van der Waals surface area contributed by atoms with Crippen molar-refractivity contribution in [2.45, 2.75) is 38.9 Å². The molecular formula is C15H21BFNO2S. The highest BCUT2D eigenvalue weighted by Gasteiger charge is 2.52. The van der Waals surface area contributed by atoms with Gasteiger partial charge in [-0.15, -0.1) is 0 Å². The number of thiol groups is 1. The van der Waals surface area contributed by atoms with Crippen LogP contribution in [0.3, 0.4) is 0 Å². The van der Waals surface area contributed by atoms with Gasteiger partial charge in [0, 0.05) is 11.4 Å². The molecule has 1 fully saturated rings. The fraction of sp³-hybridized carbons (Fsp3) is 0.467. The molecule has 3 nitrogen and oxygen atoms in total. The van der Waals surface area contributed by atoms with Crippen LogP contribution >= 0.6 is 12.6 Å². The largest absolute Gasteiger partial charge is 0.491 e. The van der Waals surface area contributed by atoms with Crippen molar-refractivity contribution >= 4 is 31.5 Å². The van der Waals surface area contributed by atoms with Crippen molar-refractivity contribution in [3.8, 4) is 0 Å². The van der Waals surface area contributed by atoms with E-state index >= 15 is 0 Å². The summed E-state index contributed by atoms with van der Waals surface area (Å²) in [6.45, 7) is 7.98. The topological polar surface area (TPSA) is 44.5 Å². The number of nitrogen functional groups attached to an aromatic ring is 1. The fourth-order valence-corrected chi connectivity index (χ4v) is 2.30. The third-order valence-corrected chi connectivity index (χ3v) is 4.49. The molecule has 1 saturated heterocycles. The van der Waals surface area contributed by atoms with Crippen LogP contribution in [0.15, 0.2) is 23.7 Å². The van der Waals surface area contributed by atoms with Gasteiger partial charge in [-0.05, 0) is 50.9 Å². The Hall–Kier alpha value is -0.975. The standard InChI is InChI=1S/C15H21BFNO2S/c1-14(2)15(3,4)20-16(19-14)11(9-21)7-10-5-6-12(17)8-13(10)18/h5-8,21H,9,18H2,1-4H3. The zero-order valence-electron chi connectivity index (χ0n) is 12.8. The molecule has 0 amide bonds. The Morgan fingerprint density at radius 2 is 1.86 bits per heavy atom. The minimum atomic E-state index is -0.475. The van der Waals surface area contributed by atoms with Crippen LogP contribution in [0.1, 0.15) is 33.3 Å². The van der Waals surface area contributed by atoms with Crippen LogP contribution in [0.2, 0.25) is 0 Å². The number of rotatable bonds is 3. The molecular weight excluding hydrogens is 288 g/mol. The zero-order valence-corrected chi connectivity index (χ0v) is 13.7. The Balaban J connectivity index is 2.31. The van der Waals surface area contributed by atoms with Gasteiger partial charge in [-0.3, -0.25) is 0 Å². The Kier molecular flexibility index (Phi) is 4.43. The Morgan fingerprint density at radius 3 is 2.33 bits per heavy atom. The monoisotopic (exact) mass is 309 g/mol. The van der Waals surface area contributed by atoms with Gasteiger partial charge in [0.15, 0.2) is 0 Å². The van der Waals surface area contributed by atoms with Gasteiger partial charge in [-0.25, -0.2) is 4.39 Å². The molecule has 1 aromatic rings. The summed E-state index contributed by atoms with van der Waals surface area (Å²) in [6.07, 6.45) is 1.85. The third kappa shape index (κ3) is 3.28. The van der Waals surface area contributed by atoms with E-state index in [4.69, 9.17) is 15.0 Å². The lowest BCUT2D eigenvalue weighted by molar-refractivity contribution is 0.00578. The van der Waals surface area contributed by atoms with Gasteiger partial charge in [0.25, 0.3) is 0 Å². The highest BCUT2D eigenvalue weighted by atomic mass is 32.1. The summed E-state index contributed by atoms with van der Waals surface area (Å²) in [5, 5.41) is 0.